The molecule has 0 aliphatic heterocycles. The van der Waals surface area contributed by atoms with Gasteiger partial charge >= 0.3 is 6.18 Å². The van der Waals surface area contributed by atoms with Gasteiger partial charge in [0.2, 0.25) is 5.82 Å². The molecule has 0 aliphatic carbocycles. The largest absolute Gasteiger partial charge is 0.451 e. The molecule has 0 bridgehead atoms. The summed E-state index contributed by atoms with van der Waals surface area (Å²) in [6.45, 7) is 0.449. The second-order valence-electron chi connectivity index (χ2n) is 3.81. The van der Waals surface area contributed by atoms with Crippen molar-refractivity contribution >= 4 is 23.0 Å². The number of thiazole rings is 1. The summed E-state index contributed by atoms with van der Waals surface area (Å²) in [7, 11) is 1.50. The molecule has 2 heterocycles. The van der Waals surface area contributed by atoms with E-state index in [1.165, 1.54) is 24.5 Å². The number of hydrogen-bond acceptors (Lipinski definition) is 6. The smallest absolute Gasteiger partial charge is 0.373 e. The molecule has 20 heavy (non-hydrogen) atoms. The van der Waals surface area contributed by atoms with E-state index in [0.29, 0.717) is 13.0 Å². The van der Waals surface area contributed by atoms with Crippen LogP contribution in [0, 0.1) is 0 Å². The van der Waals surface area contributed by atoms with Crippen LogP contribution in [0.15, 0.2) is 17.6 Å². The predicted octanol–water partition coefficient (Wildman–Crippen LogP) is 2.65. The molecule has 0 aromatic carbocycles. The summed E-state index contributed by atoms with van der Waals surface area (Å²) in [6.07, 6.45) is -2.26. The van der Waals surface area contributed by atoms with Crippen LogP contribution in [-0.2, 0) is 12.6 Å². The molecule has 0 fully saturated rings. The quantitative estimate of drug-likeness (QED) is 0.889. The Bertz CT molecular complexity index is 556. The van der Waals surface area contributed by atoms with Gasteiger partial charge < -0.3 is 10.6 Å². The van der Waals surface area contributed by atoms with Gasteiger partial charge in [0.05, 0.1) is 5.01 Å². The average molecular weight is 303 g/mol. The van der Waals surface area contributed by atoms with Crippen LogP contribution in [0.3, 0.4) is 0 Å². The van der Waals surface area contributed by atoms with Crippen LogP contribution in [0.4, 0.5) is 24.8 Å². The van der Waals surface area contributed by atoms with Crippen molar-refractivity contribution in [3.05, 3.63) is 28.5 Å². The Hall–Kier alpha value is -1.90. The molecule has 0 unspecified atom stereocenters. The number of nitrogens with zero attached hydrogens (tertiary/aromatic N) is 3. The maximum Gasteiger partial charge on any atom is 0.451 e. The summed E-state index contributed by atoms with van der Waals surface area (Å²) < 4.78 is 37.9. The molecule has 108 valence electrons. The highest BCUT2D eigenvalue weighted by Gasteiger charge is 2.35. The molecular formula is C11H12F3N5S. The molecule has 0 atom stereocenters. The summed E-state index contributed by atoms with van der Waals surface area (Å²) in [5.41, 5.74) is 0. The highest BCUT2D eigenvalue weighted by molar-refractivity contribution is 7.09. The highest BCUT2D eigenvalue weighted by atomic mass is 32.1. The first-order valence-electron chi connectivity index (χ1n) is 5.75. The lowest BCUT2D eigenvalue weighted by molar-refractivity contribution is -0.144. The van der Waals surface area contributed by atoms with Crippen LogP contribution in [0.2, 0.25) is 0 Å². The minimum Gasteiger partial charge on any atom is -0.373 e. The first-order chi connectivity index (χ1) is 9.49. The van der Waals surface area contributed by atoms with E-state index in [1.807, 2.05) is 5.38 Å². The fourth-order valence-corrected chi connectivity index (χ4v) is 2.09. The molecule has 2 rings (SSSR count). The summed E-state index contributed by atoms with van der Waals surface area (Å²) in [5, 5.41) is 8.19. The third kappa shape index (κ3) is 3.80. The number of rotatable bonds is 5. The van der Waals surface area contributed by atoms with E-state index in [4.69, 9.17) is 0 Å². The second-order valence-corrected chi connectivity index (χ2v) is 4.79. The number of hydrogen-bond donors (Lipinski definition) is 2. The van der Waals surface area contributed by atoms with Crippen molar-refractivity contribution in [1.82, 2.24) is 15.0 Å². The topological polar surface area (TPSA) is 62.7 Å². The Balaban J connectivity index is 2.06. The molecule has 0 radical (unpaired) electrons. The van der Waals surface area contributed by atoms with Gasteiger partial charge in [0.1, 0.15) is 11.6 Å². The number of nitrogens with one attached hydrogen (secondary N) is 2. The number of halogens is 3. The van der Waals surface area contributed by atoms with Crippen molar-refractivity contribution in [3.8, 4) is 0 Å². The minimum atomic E-state index is -4.57. The third-order valence-corrected chi connectivity index (χ3v) is 3.20. The first-order valence-corrected chi connectivity index (χ1v) is 6.63. The Kier molecular flexibility index (Phi) is 4.38. The van der Waals surface area contributed by atoms with Crippen LogP contribution in [0.5, 0.6) is 0 Å². The Morgan fingerprint density at radius 2 is 2.00 bits per heavy atom. The van der Waals surface area contributed by atoms with Crippen molar-refractivity contribution in [2.24, 2.45) is 0 Å². The molecule has 0 spiro atoms. The maximum atomic E-state index is 12.6. The summed E-state index contributed by atoms with van der Waals surface area (Å²) >= 11 is 1.50. The normalized spacial score (nSPS) is 11.4. The molecule has 9 heteroatoms. The zero-order valence-electron chi connectivity index (χ0n) is 10.5. The fraction of sp³-hybridized carbons (Fsp3) is 0.364. The van der Waals surface area contributed by atoms with Crippen molar-refractivity contribution in [1.29, 1.82) is 0 Å². The van der Waals surface area contributed by atoms with E-state index >= 15 is 0 Å². The summed E-state index contributed by atoms with van der Waals surface area (Å²) in [5.74, 6) is -0.918. The third-order valence-electron chi connectivity index (χ3n) is 2.36. The van der Waals surface area contributed by atoms with Crippen LogP contribution in [-0.4, -0.2) is 28.5 Å². The van der Waals surface area contributed by atoms with E-state index in [1.54, 1.807) is 6.20 Å². The van der Waals surface area contributed by atoms with Gasteiger partial charge in [-0.05, 0) is 0 Å². The van der Waals surface area contributed by atoms with Gasteiger partial charge in [-0.2, -0.15) is 13.2 Å². The Morgan fingerprint density at radius 1 is 1.25 bits per heavy atom. The molecule has 2 N–H and O–H groups in total. The lowest BCUT2D eigenvalue weighted by atomic mass is 10.4. The summed E-state index contributed by atoms with van der Waals surface area (Å²) in [6, 6.07) is 1.43. The van der Waals surface area contributed by atoms with E-state index in [0.717, 1.165) is 5.01 Å². The monoisotopic (exact) mass is 303 g/mol. The number of anilines is 2. The van der Waals surface area contributed by atoms with Crippen LogP contribution in [0.1, 0.15) is 10.8 Å². The highest BCUT2D eigenvalue weighted by Crippen LogP contribution is 2.28. The van der Waals surface area contributed by atoms with Crippen molar-refractivity contribution in [2.45, 2.75) is 12.6 Å². The predicted molar refractivity (Wildman–Crippen MR) is 70.9 cm³/mol. The van der Waals surface area contributed by atoms with Gasteiger partial charge in [-0.15, -0.1) is 11.3 Å². The zero-order valence-corrected chi connectivity index (χ0v) is 11.3. The fourth-order valence-electron chi connectivity index (χ4n) is 1.47. The van der Waals surface area contributed by atoms with E-state index in [9.17, 15) is 13.2 Å². The van der Waals surface area contributed by atoms with Gasteiger partial charge in [-0.1, -0.05) is 0 Å². The van der Waals surface area contributed by atoms with E-state index in [2.05, 4.69) is 25.6 Å². The number of aromatic nitrogens is 3. The van der Waals surface area contributed by atoms with Gasteiger partial charge in [0, 0.05) is 37.7 Å². The van der Waals surface area contributed by atoms with Gasteiger partial charge in [-0.25, -0.2) is 15.0 Å². The van der Waals surface area contributed by atoms with Gasteiger partial charge in [-0.3, -0.25) is 0 Å². The molecule has 0 saturated carbocycles. The molecule has 0 amide bonds. The molecule has 0 saturated heterocycles. The SMILES string of the molecule is CNc1cc(NCCc2nccs2)nc(C(F)(F)F)n1. The van der Waals surface area contributed by atoms with Crippen molar-refractivity contribution < 1.29 is 13.2 Å². The van der Waals surface area contributed by atoms with Crippen LogP contribution >= 0.6 is 11.3 Å². The van der Waals surface area contributed by atoms with Gasteiger partial charge in [0.15, 0.2) is 0 Å². The zero-order chi connectivity index (χ0) is 14.6. The second kappa shape index (κ2) is 6.04. The Labute approximate surface area is 117 Å². The van der Waals surface area contributed by atoms with E-state index < -0.39 is 12.0 Å². The van der Waals surface area contributed by atoms with Crippen LogP contribution < -0.4 is 10.6 Å². The standard InChI is InChI=1S/C11H12F3N5S/c1-15-7-6-8(19-10(18-7)11(12,13)14)16-3-2-9-17-4-5-20-9/h4-6H,2-3H2,1H3,(H2,15,16,18,19). The molecule has 2 aromatic heterocycles. The summed E-state index contributed by atoms with van der Waals surface area (Å²) in [4.78, 5) is 10.9. The minimum absolute atomic E-state index is 0.115. The molecule has 0 aliphatic rings. The average Bonchev–Trinajstić information content (AvgIpc) is 2.90. The van der Waals surface area contributed by atoms with Crippen molar-refractivity contribution in [2.75, 3.05) is 24.2 Å². The molecular weight excluding hydrogens is 291 g/mol. The lowest BCUT2D eigenvalue weighted by Crippen LogP contribution is -2.15. The lowest BCUT2D eigenvalue weighted by Gasteiger charge is -2.11. The molecule has 5 nitrogen and oxygen atoms in total. The number of alkyl halides is 3. The Morgan fingerprint density at radius 3 is 2.60 bits per heavy atom. The maximum absolute atomic E-state index is 12.6. The van der Waals surface area contributed by atoms with Crippen LogP contribution in [0.25, 0.3) is 0 Å². The van der Waals surface area contributed by atoms with Gasteiger partial charge in [0.25, 0.3) is 0 Å². The van der Waals surface area contributed by atoms with Crippen molar-refractivity contribution in [3.63, 3.8) is 0 Å². The molecule has 2 aromatic rings. The van der Waals surface area contributed by atoms with E-state index in [-0.39, 0.29) is 11.6 Å². The first kappa shape index (κ1) is 14.5.